The van der Waals surface area contributed by atoms with Crippen LogP contribution in [0, 0.1) is 0 Å². The van der Waals surface area contributed by atoms with Gasteiger partial charge in [0.2, 0.25) is 10.0 Å². The van der Waals surface area contributed by atoms with Crippen molar-refractivity contribution in [2.24, 2.45) is 0 Å². The van der Waals surface area contributed by atoms with Crippen LogP contribution in [0.5, 0.6) is 0 Å². The summed E-state index contributed by atoms with van der Waals surface area (Å²) in [6.07, 6.45) is 1.81. The lowest BCUT2D eigenvalue weighted by Gasteiger charge is -2.26. The summed E-state index contributed by atoms with van der Waals surface area (Å²) in [6, 6.07) is 16.0. The van der Waals surface area contributed by atoms with Crippen molar-refractivity contribution < 1.29 is 17.9 Å². The van der Waals surface area contributed by atoms with E-state index in [0.717, 1.165) is 11.1 Å². The van der Waals surface area contributed by atoms with E-state index in [0.29, 0.717) is 29.8 Å². The van der Waals surface area contributed by atoms with Gasteiger partial charge in [-0.25, -0.2) is 17.9 Å². The largest absolute Gasteiger partial charge is 0.462 e. The van der Waals surface area contributed by atoms with Crippen LogP contribution < -0.4 is 4.41 Å². The van der Waals surface area contributed by atoms with E-state index in [1.54, 1.807) is 54.1 Å². The Morgan fingerprint density at radius 3 is 2.37 bits per heavy atom. The summed E-state index contributed by atoms with van der Waals surface area (Å²) in [5.74, 6) is -0.395. The molecule has 1 heterocycles. The number of rotatable bonds is 6. The molecule has 0 aliphatic rings. The molecular formula is C20H22N2O4S. The molecule has 0 aliphatic heterocycles. The molecular weight excluding hydrogens is 364 g/mol. The van der Waals surface area contributed by atoms with Gasteiger partial charge in [-0.2, -0.15) is 4.41 Å². The summed E-state index contributed by atoms with van der Waals surface area (Å²) >= 11 is 0. The topological polar surface area (TPSA) is 68.6 Å². The predicted octanol–water partition coefficient (Wildman–Crippen LogP) is 3.61. The first-order chi connectivity index (χ1) is 12.9. The number of aryl methyl sites for hydroxylation is 1. The Labute approximate surface area is 159 Å². The maximum atomic E-state index is 12.6. The number of para-hydroxylation sites is 1. The van der Waals surface area contributed by atoms with Gasteiger partial charge in [-0.15, -0.1) is 0 Å². The van der Waals surface area contributed by atoms with Crippen molar-refractivity contribution in [1.29, 1.82) is 0 Å². The predicted molar refractivity (Wildman–Crippen MR) is 106 cm³/mol. The van der Waals surface area contributed by atoms with Gasteiger partial charge in [0.25, 0.3) is 0 Å². The molecule has 1 aromatic heterocycles. The molecule has 7 heteroatoms. The van der Waals surface area contributed by atoms with E-state index in [4.69, 9.17) is 4.74 Å². The lowest BCUT2D eigenvalue weighted by atomic mass is 10.1. The number of hydrogen-bond donors (Lipinski definition) is 0. The normalized spacial score (nSPS) is 11.5. The van der Waals surface area contributed by atoms with Gasteiger partial charge in [-0.1, -0.05) is 25.1 Å². The number of sulfonamides is 1. The number of hydrogen-bond acceptors (Lipinski definition) is 4. The summed E-state index contributed by atoms with van der Waals surface area (Å²) < 4.78 is 33.3. The molecule has 0 atom stereocenters. The Morgan fingerprint density at radius 1 is 1.07 bits per heavy atom. The van der Waals surface area contributed by atoms with Gasteiger partial charge in [0.15, 0.2) is 0 Å². The van der Waals surface area contributed by atoms with E-state index < -0.39 is 16.0 Å². The fourth-order valence-electron chi connectivity index (χ4n) is 3.08. The van der Waals surface area contributed by atoms with Crippen LogP contribution in [0.4, 0.5) is 5.69 Å². The number of benzene rings is 2. The van der Waals surface area contributed by atoms with Crippen molar-refractivity contribution in [2.75, 3.05) is 17.3 Å². The van der Waals surface area contributed by atoms with Crippen LogP contribution in [0.1, 0.15) is 29.9 Å². The lowest BCUT2D eigenvalue weighted by molar-refractivity contribution is 0.0526. The van der Waals surface area contributed by atoms with Gasteiger partial charge in [0, 0.05) is 11.1 Å². The van der Waals surface area contributed by atoms with E-state index in [1.807, 2.05) is 19.1 Å². The second-order valence-corrected chi connectivity index (χ2v) is 7.95. The van der Waals surface area contributed by atoms with Crippen molar-refractivity contribution in [3.05, 3.63) is 65.9 Å². The first kappa shape index (κ1) is 19.0. The number of carbonyl (C=O) groups is 1. The molecule has 0 unspecified atom stereocenters. The number of aromatic nitrogens is 1. The van der Waals surface area contributed by atoms with Crippen molar-refractivity contribution in [3.8, 4) is 0 Å². The SMILES string of the molecule is CCOC(=O)c1ccc2c(c1)cc(CC)n2N(c1ccccc1)S(C)(=O)=O. The quantitative estimate of drug-likeness (QED) is 0.607. The maximum Gasteiger partial charge on any atom is 0.338 e. The van der Waals surface area contributed by atoms with Crippen LogP contribution in [0.2, 0.25) is 0 Å². The average Bonchev–Trinajstić information content (AvgIpc) is 2.99. The standard InChI is InChI=1S/C20H22N2O4S/c1-4-17-14-16-13-15(20(23)26-5-2)11-12-19(16)21(17)22(27(3,24)25)18-9-7-6-8-10-18/h6-14H,4-5H2,1-3H3. The van der Waals surface area contributed by atoms with Gasteiger partial charge in [0.05, 0.1) is 29.6 Å². The summed E-state index contributed by atoms with van der Waals surface area (Å²) in [4.78, 5) is 12.0. The number of anilines is 1. The van der Waals surface area contributed by atoms with Gasteiger partial charge in [-0.05, 0) is 49.7 Å². The molecule has 27 heavy (non-hydrogen) atoms. The summed E-state index contributed by atoms with van der Waals surface area (Å²) in [5, 5.41) is 0.780. The smallest absolute Gasteiger partial charge is 0.338 e. The van der Waals surface area contributed by atoms with Crippen LogP contribution in [-0.4, -0.2) is 31.9 Å². The monoisotopic (exact) mass is 386 g/mol. The van der Waals surface area contributed by atoms with Crippen LogP contribution in [0.15, 0.2) is 54.6 Å². The van der Waals surface area contributed by atoms with E-state index in [9.17, 15) is 13.2 Å². The Morgan fingerprint density at radius 2 is 1.78 bits per heavy atom. The van der Waals surface area contributed by atoms with E-state index in [-0.39, 0.29) is 0 Å². The second kappa shape index (κ2) is 7.44. The van der Waals surface area contributed by atoms with Crippen molar-refractivity contribution >= 4 is 32.6 Å². The van der Waals surface area contributed by atoms with Crippen LogP contribution >= 0.6 is 0 Å². The van der Waals surface area contributed by atoms with Crippen molar-refractivity contribution in [3.63, 3.8) is 0 Å². The Bertz CT molecular complexity index is 1070. The highest BCUT2D eigenvalue weighted by Crippen LogP contribution is 2.28. The summed E-state index contributed by atoms with van der Waals surface area (Å²) in [7, 11) is -3.60. The number of esters is 1. The zero-order valence-electron chi connectivity index (χ0n) is 15.5. The van der Waals surface area contributed by atoms with Crippen molar-refractivity contribution in [2.45, 2.75) is 20.3 Å². The third-order valence-electron chi connectivity index (χ3n) is 4.20. The number of fused-ring (bicyclic) bond motifs is 1. The first-order valence-corrected chi connectivity index (χ1v) is 10.6. The molecule has 0 fully saturated rings. The molecule has 2 aromatic carbocycles. The molecule has 0 amide bonds. The molecule has 3 rings (SSSR count). The average molecular weight is 386 g/mol. The Hall–Kier alpha value is -2.80. The van der Waals surface area contributed by atoms with E-state index in [1.165, 1.54) is 10.7 Å². The minimum atomic E-state index is -3.60. The molecule has 0 radical (unpaired) electrons. The van der Waals surface area contributed by atoms with E-state index in [2.05, 4.69) is 0 Å². The fourth-order valence-corrected chi connectivity index (χ4v) is 4.07. The van der Waals surface area contributed by atoms with Gasteiger partial charge < -0.3 is 4.74 Å². The second-order valence-electron chi connectivity index (χ2n) is 6.14. The molecule has 0 saturated carbocycles. The van der Waals surface area contributed by atoms with Gasteiger partial charge in [-0.3, -0.25) is 0 Å². The van der Waals surface area contributed by atoms with Gasteiger partial charge in [0.1, 0.15) is 0 Å². The minimum Gasteiger partial charge on any atom is -0.462 e. The summed E-state index contributed by atoms with van der Waals surface area (Å²) in [5.41, 5.74) is 2.51. The third kappa shape index (κ3) is 3.68. The highest BCUT2D eigenvalue weighted by Gasteiger charge is 2.24. The molecule has 0 N–H and O–H groups in total. The minimum absolute atomic E-state index is 0.300. The Kier molecular flexibility index (Phi) is 5.23. The maximum absolute atomic E-state index is 12.6. The number of carbonyl (C=O) groups excluding carboxylic acids is 1. The molecule has 0 bridgehead atoms. The first-order valence-electron chi connectivity index (χ1n) is 8.74. The van der Waals surface area contributed by atoms with E-state index >= 15 is 0 Å². The van der Waals surface area contributed by atoms with Crippen LogP contribution in [-0.2, 0) is 21.2 Å². The van der Waals surface area contributed by atoms with Gasteiger partial charge >= 0.3 is 5.97 Å². The Balaban J connectivity index is 2.24. The molecule has 0 saturated heterocycles. The van der Waals surface area contributed by atoms with Crippen molar-refractivity contribution in [1.82, 2.24) is 4.68 Å². The molecule has 0 spiro atoms. The highest BCUT2D eigenvalue weighted by atomic mass is 32.2. The summed E-state index contributed by atoms with van der Waals surface area (Å²) in [6.45, 7) is 4.02. The zero-order chi connectivity index (χ0) is 19.6. The highest BCUT2D eigenvalue weighted by molar-refractivity contribution is 7.92. The number of ether oxygens (including phenoxy) is 1. The molecule has 142 valence electrons. The molecule has 0 aliphatic carbocycles. The van der Waals surface area contributed by atoms with Crippen LogP contribution in [0.3, 0.4) is 0 Å². The van der Waals surface area contributed by atoms with Crippen LogP contribution in [0.25, 0.3) is 10.9 Å². The lowest BCUT2D eigenvalue weighted by Crippen LogP contribution is -2.36. The zero-order valence-corrected chi connectivity index (χ0v) is 16.4. The number of nitrogens with zero attached hydrogens (tertiary/aromatic N) is 2. The molecule has 3 aromatic rings. The molecule has 6 nitrogen and oxygen atoms in total. The fraction of sp³-hybridized carbons (Fsp3) is 0.250. The third-order valence-corrected chi connectivity index (χ3v) is 5.20.